The van der Waals surface area contributed by atoms with Gasteiger partial charge in [0.05, 0.1) is 12.8 Å². The van der Waals surface area contributed by atoms with Gasteiger partial charge in [-0.3, -0.25) is 0 Å². The smallest absolute Gasteiger partial charge is 0.322 e. The number of ether oxygens (including phenoxy) is 1. The van der Waals surface area contributed by atoms with Crippen molar-refractivity contribution in [3.05, 3.63) is 27.6 Å². The van der Waals surface area contributed by atoms with Crippen LogP contribution in [0.1, 0.15) is 13.3 Å². The molecule has 0 fully saturated rings. The highest BCUT2D eigenvalue weighted by Gasteiger charge is 2.09. The molecule has 112 valence electrons. The zero-order chi connectivity index (χ0) is 15.2. The minimum Gasteiger partial charge on any atom is -0.467 e. The number of benzene rings is 1. The van der Waals surface area contributed by atoms with E-state index in [4.69, 9.17) is 4.74 Å². The topological polar surface area (TPSA) is 72.0 Å². The Hall–Kier alpha value is -1.71. The highest BCUT2D eigenvalue weighted by molar-refractivity contribution is 14.1. The Balaban J connectivity index is 2.25. The first-order valence-electron chi connectivity index (χ1n) is 6.38. The number of hydrogen-bond donors (Lipinski definition) is 2. The third-order valence-electron chi connectivity index (χ3n) is 2.51. The Kier molecular flexibility index (Phi) is 5.48. The van der Waals surface area contributed by atoms with Crippen molar-refractivity contribution in [3.63, 3.8) is 0 Å². The Bertz CT molecular complexity index is 626. The maximum atomic E-state index is 13.1. The van der Waals surface area contributed by atoms with Gasteiger partial charge in [0.1, 0.15) is 5.82 Å². The largest absolute Gasteiger partial charge is 0.467 e. The van der Waals surface area contributed by atoms with Gasteiger partial charge in [-0.15, -0.1) is 0 Å². The summed E-state index contributed by atoms with van der Waals surface area (Å²) >= 11 is 2.04. The van der Waals surface area contributed by atoms with E-state index in [1.165, 1.54) is 19.2 Å². The summed E-state index contributed by atoms with van der Waals surface area (Å²) in [7, 11) is 1.49. The van der Waals surface area contributed by atoms with Gasteiger partial charge in [0, 0.05) is 10.1 Å². The molecule has 1 aromatic carbocycles. The summed E-state index contributed by atoms with van der Waals surface area (Å²) in [6.07, 6.45) is 0.951. The van der Waals surface area contributed by atoms with Crippen LogP contribution in [0.15, 0.2) is 18.2 Å². The van der Waals surface area contributed by atoms with Crippen LogP contribution < -0.4 is 15.4 Å². The summed E-state index contributed by atoms with van der Waals surface area (Å²) in [5.41, 5.74) is 0.715. The van der Waals surface area contributed by atoms with Gasteiger partial charge in [0.15, 0.2) is 0 Å². The van der Waals surface area contributed by atoms with Crippen molar-refractivity contribution in [2.24, 2.45) is 0 Å². The van der Waals surface area contributed by atoms with Crippen LogP contribution in [0.2, 0.25) is 0 Å². The number of nitrogens with zero attached hydrogens (tertiary/aromatic N) is 3. The van der Waals surface area contributed by atoms with Gasteiger partial charge < -0.3 is 15.4 Å². The van der Waals surface area contributed by atoms with Gasteiger partial charge in [-0.05, 0) is 47.2 Å². The van der Waals surface area contributed by atoms with Gasteiger partial charge in [-0.25, -0.2) is 4.39 Å². The molecular formula is C13H15FIN5O. The third kappa shape index (κ3) is 4.38. The van der Waals surface area contributed by atoms with Gasteiger partial charge in [0.2, 0.25) is 11.9 Å². The van der Waals surface area contributed by atoms with E-state index in [1.807, 2.05) is 29.5 Å². The van der Waals surface area contributed by atoms with Crippen molar-refractivity contribution in [3.8, 4) is 6.01 Å². The average molecular weight is 403 g/mol. The summed E-state index contributed by atoms with van der Waals surface area (Å²) in [5, 5.41) is 6.11. The molecule has 0 saturated carbocycles. The fraction of sp³-hybridized carbons (Fsp3) is 0.308. The zero-order valence-electron chi connectivity index (χ0n) is 11.7. The van der Waals surface area contributed by atoms with Crippen molar-refractivity contribution in [2.75, 3.05) is 24.3 Å². The summed E-state index contributed by atoms with van der Waals surface area (Å²) < 4.78 is 18.9. The second-order valence-electron chi connectivity index (χ2n) is 4.15. The quantitative estimate of drug-likeness (QED) is 0.722. The van der Waals surface area contributed by atoms with E-state index in [-0.39, 0.29) is 11.8 Å². The van der Waals surface area contributed by atoms with Crippen molar-refractivity contribution in [2.45, 2.75) is 13.3 Å². The predicted octanol–water partition coefficient (Wildman–Crippen LogP) is 3.19. The first kappa shape index (κ1) is 15.7. The van der Waals surface area contributed by atoms with Crippen molar-refractivity contribution >= 4 is 40.2 Å². The summed E-state index contributed by atoms with van der Waals surface area (Å²) in [5.74, 6) is 0.483. The summed E-state index contributed by atoms with van der Waals surface area (Å²) in [4.78, 5) is 12.5. The van der Waals surface area contributed by atoms with E-state index in [9.17, 15) is 4.39 Å². The minimum absolute atomic E-state index is 0.211. The van der Waals surface area contributed by atoms with Crippen LogP contribution in [0.5, 0.6) is 6.01 Å². The number of hydrogen-bond acceptors (Lipinski definition) is 6. The van der Waals surface area contributed by atoms with E-state index in [0.717, 1.165) is 16.5 Å². The maximum Gasteiger partial charge on any atom is 0.322 e. The predicted molar refractivity (Wildman–Crippen MR) is 87.6 cm³/mol. The number of halogens is 2. The number of methoxy groups -OCH3 is 1. The highest BCUT2D eigenvalue weighted by atomic mass is 127. The molecule has 0 bridgehead atoms. The Morgan fingerprint density at radius 2 is 2.00 bits per heavy atom. The molecule has 0 radical (unpaired) electrons. The van der Waals surface area contributed by atoms with Crippen molar-refractivity contribution in [1.29, 1.82) is 0 Å². The minimum atomic E-state index is -0.288. The number of rotatable bonds is 6. The summed E-state index contributed by atoms with van der Waals surface area (Å²) in [6, 6.07) is 4.65. The number of anilines is 3. The lowest BCUT2D eigenvalue weighted by molar-refractivity contribution is 0.379. The van der Waals surface area contributed by atoms with Crippen molar-refractivity contribution in [1.82, 2.24) is 15.0 Å². The van der Waals surface area contributed by atoms with Gasteiger partial charge in [-0.2, -0.15) is 15.0 Å². The molecular weight excluding hydrogens is 388 g/mol. The van der Waals surface area contributed by atoms with Crippen molar-refractivity contribution < 1.29 is 9.13 Å². The standard InChI is InChI=1S/C13H15FIN5O/c1-3-6-16-11-18-12(20-13(19-11)21-2)17-10-5-4-8(14)7-9(10)15/h4-5,7H,3,6H2,1-2H3,(H2,16,17,18,19,20). The summed E-state index contributed by atoms with van der Waals surface area (Å²) in [6.45, 7) is 2.80. The normalized spacial score (nSPS) is 10.3. The van der Waals surface area contributed by atoms with E-state index >= 15 is 0 Å². The molecule has 0 aliphatic rings. The molecule has 0 spiro atoms. The lowest BCUT2D eigenvalue weighted by Crippen LogP contribution is -2.09. The molecule has 1 aromatic heterocycles. The molecule has 21 heavy (non-hydrogen) atoms. The van der Waals surface area contributed by atoms with Crippen LogP contribution in [-0.4, -0.2) is 28.6 Å². The number of nitrogens with one attached hydrogen (secondary N) is 2. The van der Waals surface area contributed by atoms with Gasteiger partial charge >= 0.3 is 6.01 Å². The third-order valence-corrected chi connectivity index (χ3v) is 3.40. The van der Waals surface area contributed by atoms with Crippen LogP contribution in [0, 0.1) is 9.39 Å². The van der Waals surface area contributed by atoms with E-state index in [2.05, 4.69) is 25.6 Å². The molecule has 0 aliphatic carbocycles. The molecule has 0 amide bonds. The first-order valence-corrected chi connectivity index (χ1v) is 7.46. The SMILES string of the molecule is CCCNc1nc(Nc2ccc(F)cc2I)nc(OC)n1. The molecule has 6 nitrogen and oxygen atoms in total. The molecule has 0 atom stereocenters. The number of aromatic nitrogens is 3. The molecule has 2 N–H and O–H groups in total. The Morgan fingerprint density at radius 1 is 1.24 bits per heavy atom. The van der Waals surface area contributed by atoms with Crippen LogP contribution >= 0.6 is 22.6 Å². The first-order chi connectivity index (χ1) is 10.1. The average Bonchev–Trinajstić information content (AvgIpc) is 2.48. The van der Waals surface area contributed by atoms with Crippen LogP contribution in [0.4, 0.5) is 22.0 Å². The van der Waals surface area contributed by atoms with Crippen LogP contribution in [0.3, 0.4) is 0 Å². The fourth-order valence-corrected chi connectivity index (χ4v) is 2.14. The van der Waals surface area contributed by atoms with Crippen LogP contribution in [0.25, 0.3) is 0 Å². The highest BCUT2D eigenvalue weighted by Crippen LogP contribution is 2.22. The van der Waals surface area contributed by atoms with E-state index < -0.39 is 0 Å². The van der Waals surface area contributed by atoms with Crippen LogP contribution in [-0.2, 0) is 0 Å². The van der Waals surface area contributed by atoms with E-state index in [0.29, 0.717) is 17.6 Å². The second-order valence-corrected chi connectivity index (χ2v) is 5.31. The Morgan fingerprint density at radius 3 is 2.67 bits per heavy atom. The molecule has 1 heterocycles. The lowest BCUT2D eigenvalue weighted by atomic mass is 10.3. The van der Waals surface area contributed by atoms with Gasteiger partial charge in [0.25, 0.3) is 0 Å². The fourth-order valence-electron chi connectivity index (χ4n) is 1.53. The molecule has 2 aromatic rings. The Labute approximate surface area is 135 Å². The lowest BCUT2D eigenvalue weighted by Gasteiger charge is -2.10. The second kappa shape index (κ2) is 7.34. The van der Waals surface area contributed by atoms with Gasteiger partial charge in [-0.1, -0.05) is 6.92 Å². The molecule has 0 saturated heterocycles. The molecule has 0 aliphatic heterocycles. The zero-order valence-corrected chi connectivity index (χ0v) is 13.8. The maximum absolute atomic E-state index is 13.1. The van der Waals surface area contributed by atoms with E-state index in [1.54, 1.807) is 6.07 Å². The molecule has 2 rings (SSSR count). The molecule has 8 heteroatoms. The monoisotopic (exact) mass is 403 g/mol. The molecule has 0 unspecified atom stereocenters.